The standard InChI is InChI=1S/C25H23NO5/c1-17-8-9-18(2)22(14-17)26-25(29)24(20-6-4-3-5-7-20)31-23(28)16-30-21-12-10-19(15-27)11-13-21/h3-15,24H,16H2,1-2H3,(H,26,29)/t24-/m0/s1. The Morgan fingerprint density at radius 3 is 2.35 bits per heavy atom. The van der Waals surface area contributed by atoms with E-state index in [9.17, 15) is 14.4 Å². The number of carbonyl (C=O) groups excluding carboxylic acids is 3. The van der Waals surface area contributed by atoms with Crippen LogP contribution in [0, 0.1) is 13.8 Å². The van der Waals surface area contributed by atoms with Gasteiger partial charge in [0.2, 0.25) is 6.10 Å². The van der Waals surface area contributed by atoms with Gasteiger partial charge < -0.3 is 14.8 Å². The number of rotatable bonds is 8. The number of ether oxygens (including phenoxy) is 2. The van der Waals surface area contributed by atoms with E-state index >= 15 is 0 Å². The highest BCUT2D eigenvalue weighted by atomic mass is 16.6. The van der Waals surface area contributed by atoms with Crippen molar-refractivity contribution in [3.63, 3.8) is 0 Å². The number of esters is 1. The molecule has 0 saturated carbocycles. The predicted octanol–water partition coefficient (Wildman–Crippen LogP) is 4.42. The molecule has 0 bridgehead atoms. The first-order chi connectivity index (χ1) is 15.0. The molecule has 0 aromatic heterocycles. The summed E-state index contributed by atoms with van der Waals surface area (Å²) >= 11 is 0. The van der Waals surface area contributed by atoms with E-state index in [0.29, 0.717) is 22.6 Å². The lowest BCUT2D eigenvalue weighted by atomic mass is 10.1. The van der Waals surface area contributed by atoms with Gasteiger partial charge in [-0.1, -0.05) is 42.5 Å². The lowest BCUT2D eigenvalue weighted by Crippen LogP contribution is -2.28. The van der Waals surface area contributed by atoms with Crippen molar-refractivity contribution in [1.29, 1.82) is 0 Å². The minimum Gasteiger partial charge on any atom is -0.482 e. The van der Waals surface area contributed by atoms with E-state index < -0.39 is 18.0 Å². The van der Waals surface area contributed by atoms with Crippen molar-refractivity contribution in [3.8, 4) is 5.75 Å². The average Bonchev–Trinajstić information content (AvgIpc) is 2.79. The topological polar surface area (TPSA) is 81.7 Å². The van der Waals surface area contributed by atoms with Gasteiger partial charge >= 0.3 is 5.97 Å². The molecule has 0 radical (unpaired) electrons. The minimum atomic E-state index is -1.13. The number of aryl methyl sites for hydroxylation is 2. The summed E-state index contributed by atoms with van der Waals surface area (Å²) in [6.07, 6.45) is -0.411. The Balaban J connectivity index is 1.71. The Morgan fingerprint density at radius 1 is 0.968 bits per heavy atom. The van der Waals surface area contributed by atoms with E-state index in [4.69, 9.17) is 9.47 Å². The maximum absolute atomic E-state index is 13.0. The summed E-state index contributed by atoms with van der Waals surface area (Å²) in [5.74, 6) is -0.730. The van der Waals surface area contributed by atoms with Crippen LogP contribution in [0.4, 0.5) is 5.69 Å². The molecule has 0 aliphatic rings. The van der Waals surface area contributed by atoms with Crippen molar-refractivity contribution >= 4 is 23.9 Å². The van der Waals surface area contributed by atoms with Crippen LogP contribution in [-0.4, -0.2) is 24.8 Å². The summed E-state index contributed by atoms with van der Waals surface area (Å²) in [5, 5.41) is 2.85. The summed E-state index contributed by atoms with van der Waals surface area (Å²) in [6, 6.07) is 20.9. The van der Waals surface area contributed by atoms with E-state index in [-0.39, 0.29) is 6.61 Å². The first-order valence-corrected chi connectivity index (χ1v) is 9.77. The molecular weight excluding hydrogens is 394 g/mol. The van der Waals surface area contributed by atoms with Gasteiger partial charge in [0.25, 0.3) is 5.91 Å². The van der Waals surface area contributed by atoms with Gasteiger partial charge in [0.15, 0.2) is 6.61 Å². The molecular formula is C25H23NO5. The minimum absolute atomic E-state index is 0.374. The molecule has 0 heterocycles. The molecule has 3 aromatic carbocycles. The molecule has 1 N–H and O–H groups in total. The molecule has 1 atom stereocenters. The van der Waals surface area contributed by atoms with Crippen LogP contribution in [0.2, 0.25) is 0 Å². The monoisotopic (exact) mass is 417 g/mol. The average molecular weight is 417 g/mol. The molecule has 0 unspecified atom stereocenters. The van der Waals surface area contributed by atoms with Crippen molar-refractivity contribution in [2.75, 3.05) is 11.9 Å². The smallest absolute Gasteiger partial charge is 0.345 e. The summed E-state index contributed by atoms with van der Waals surface area (Å²) < 4.78 is 10.9. The number of carbonyl (C=O) groups is 3. The maximum atomic E-state index is 13.0. The lowest BCUT2D eigenvalue weighted by Gasteiger charge is -2.19. The largest absolute Gasteiger partial charge is 0.482 e. The Labute approximate surface area is 180 Å². The van der Waals surface area contributed by atoms with Crippen molar-refractivity contribution in [2.45, 2.75) is 20.0 Å². The second kappa shape index (κ2) is 10.2. The zero-order valence-electron chi connectivity index (χ0n) is 17.3. The SMILES string of the molecule is Cc1ccc(C)c(NC(=O)[C@@H](OC(=O)COc2ccc(C=O)cc2)c2ccccc2)c1. The van der Waals surface area contributed by atoms with E-state index in [0.717, 1.165) is 17.4 Å². The van der Waals surface area contributed by atoms with Crippen LogP contribution >= 0.6 is 0 Å². The molecule has 6 heteroatoms. The Kier molecular flexibility index (Phi) is 7.17. The third-order valence-corrected chi connectivity index (χ3v) is 4.61. The first kappa shape index (κ1) is 21.8. The molecule has 158 valence electrons. The van der Waals surface area contributed by atoms with Crippen LogP contribution in [0.5, 0.6) is 5.75 Å². The quantitative estimate of drug-likeness (QED) is 0.433. The van der Waals surface area contributed by atoms with E-state index in [1.165, 1.54) is 0 Å². The van der Waals surface area contributed by atoms with Crippen molar-refractivity contribution in [3.05, 3.63) is 95.1 Å². The fraction of sp³-hybridized carbons (Fsp3) is 0.160. The molecule has 3 aromatic rings. The molecule has 1 amide bonds. The van der Waals surface area contributed by atoms with Crippen molar-refractivity contribution in [2.24, 2.45) is 0 Å². The second-order valence-electron chi connectivity index (χ2n) is 7.06. The number of hydrogen-bond acceptors (Lipinski definition) is 5. The molecule has 0 aliphatic heterocycles. The van der Waals surface area contributed by atoms with Crippen LogP contribution in [-0.2, 0) is 14.3 Å². The number of hydrogen-bond donors (Lipinski definition) is 1. The number of amides is 1. The molecule has 31 heavy (non-hydrogen) atoms. The molecule has 3 rings (SSSR count). The first-order valence-electron chi connectivity index (χ1n) is 9.77. The highest BCUT2D eigenvalue weighted by molar-refractivity contribution is 5.96. The van der Waals surface area contributed by atoms with E-state index in [2.05, 4.69) is 5.32 Å². The molecule has 0 aliphatic carbocycles. The summed E-state index contributed by atoms with van der Waals surface area (Å²) in [4.78, 5) is 36.1. The summed E-state index contributed by atoms with van der Waals surface area (Å²) in [5.41, 5.74) is 3.62. The number of anilines is 1. The van der Waals surface area contributed by atoms with Gasteiger partial charge in [-0.25, -0.2) is 4.79 Å². The van der Waals surface area contributed by atoms with Gasteiger partial charge in [0.05, 0.1) is 0 Å². The van der Waals surface area contributed by atoms with E-state index in [1.807, 2.05) is 38.1 Å². The normalized spacial score (nSPS) is 11.3. The van der Waals surface area contributed by atoms with Gasteiger partial charge in [-0.15, -0.1) is 0 Å². The van der Waals surface area contributed by atoms with Gasteiger partial charge in [-0.2, -0.15) is 0 Å². The lowest BCUT2D eigenvalue weighted by molar-refractivity contribution is -0.156. The highest BCUT2D eigenvalue weighted by Gasteiger charge is 2.25. The molecule has 0 fully saturated rings. The van der Waals surface area contributed by atoms with Gasteiger partial charge in [-0.3, -0.25) is 9.59 Å². The van der Waals surface area contributed by atoms with Crippen LogP contribution in [0.3, 0.4) is 0 Å². The fourth-order valence-electron chi connectivity index (χ4n) is 2.92. The fourth-order valence-corrected chi connectivity index (χ4v) is 2.92. The number of aldehydes is 1. The van der Waals surface area contributed by atoms with Gasteiger partial charge in [-0.05, 0) is 55.3 Å². The molecule has 0 spiro atoms. The molecule has 0 saturated heterocycles. The zero-order chi connectivity index (χ0) is 22.2. The Hall–Kier alpha value is -3.93. The van der Waals surface area contributed by atoms with Crippen LogP contribution in [0.1, 0.15) is 33.2 Å². The van der Waals surface area contributed by atoms with E-state index in [1.54, 1.807) is 48.5 Å². The van der Waals surface area contributed by atoms with Gasteiger partial charge in [0, 0.05) is 16.8 Å². The van der Waals surface area contributed by atoms with Crippen LogP contribution in [0.15, 0.2) is 72.8 Å². The summed E-state index contributed by atoms with van der Waals surface area (Å²) in [7, 11) is 0. The Morgan fingerprint density at radius 2 is 1.68 bits per heavy atom. The third-order valence-electron chi connectivity index (χ3n) is 4.61. The predicted molar refractivity (Wildman–Crippen MR) is 117 cm³/mol. The van der Waals surface area contributed by atoms with Crippen molar-refractivity contribution in [1.82, 2.24) is 0 Å². The third kappa shape index (κ3) is 6.02. The summed E-state index contributed by atoms with van der Waals surface area (Å²) in [6.45, 7) is 3.45. The van der Waals surface area contributed by atoms with Crippen LogP contribution in [0.25, 0.3) is 0 Å². The number of nitrogens with one attached hydrogen (secondary N) is 1. The Bertz CT molecular complexity index is 1060. The zero-order valence-corrected chi connectivity index (χ0v) is 17.3. The van der Waals surface area contributed by atoms with Gasteiger partial charge in [0.1, 0.15) is 12.0 Å². The number of benzene rings is 3. The van der Waals surface area contributed by atoms with Crippen molar-refractivity contribution < 1.29 is 23.9 Å². The molecule has 6 nitrogen and oxygen atoms in total. The maximum Gasteiger partial charge on any atom is 0.345 e. The second-order valence-corrected chi connectivity index (χ2v) is 7.06. The highest BCUT2D eigenvalue weighted by Crippen LogP contribution is 2.23. The van der Waals surface area contributed by atoms with Crippen LogP contribution < -0.4 is 10.1 Å².